The van der Waals surface area contributed by atoms with Crippen molar-refractivity contribution in [1.29, 1.82) is 10.5 Å². The Hall–Kier alpha value is -1.88. The topological polar surface area (TPSA) is 93.8 Å². The molecule has 0 radical (unpaired) electrons. The molecule has 18 heavy (non-hydrogen) atoms. The van der Waals surface area contributed by atoms with Crippen LogP contribution in [0.1, 0.15) is 32.1 Å². The van der Waals surface area contributed by atoms with Crippen LogP contribution in [-0.4, -0.2) is 11.8 Å². The van der Waals surface area contributed by atoms with E-state index in [4.69, 9.17) is 10.5 Å². The second-order valence-electron chi connectivity index (χ2n) is 5.04. The predicted octanol–water partition coefficient (Wildman–Crippen LogP) is 1.12. The third-order valence-corrected chi connectivity index (χ3v) is 4.05. The monoisotopic (exact) mass is 245 g/mol. The summed E-state index contributed by atoms with van der Waals surface area (Å²) in [6, 6.07) is 3.94. The highest BCUT2D eigenvalue weighted by Gasteiger charge is 2.47. The lowest BCUT2D eigenvalue weighted by molar-refractivity contribution is -0.141. The van der Waals surface area contributed by atoms with E-state index < -0.39 is 29.6 Å². The lowest BCUT2D eigenvalue weighted by Gasteiger charge is -2.37. The zero-order chi connectivity index (χ0) is 13.1. The first kappa shape index (κ1) is 12.6. The van der Waals surface area contributed by atoms with E-state index in [9.17, 15) is 9.59 Å². The molecule has 2 atom stereocenters. The van der Waals surface area contributed by atoms with Gasteiger partial charge in [-0.3, -0.25) is 14.9 Å². The van der Waals surface area contributed by atoms with Crippen molar-refractivity contribution in [2.45, 2.75) is 32.1 Å². The van der Waals surface area contributed by atoms with Gasteiger partial charge in [0.1, 0.15) is 11.8 Å². The molecule has 0 spiro atoms. The first-order valence-corrected chi connectivity index (χ1v) is 6.33. The van der Waals surface area contributed by atoms with Crippen LogP contribution in [-0.2, 0) is 9.59 Å². The van der Waals surface area contributed by atoms with Crippen molar-refractivity contribution in [3.63, 3.8) is 0 Å². The number of nitrogens with one attached hydrogen (secondary N) is 1. The SMILES string of the molecule is N#C[C@@H]1C(=O)NC(=O)[C@@H](C#N)C1C1CCCCC1. The van der Waals surface area contributed by atoms with Crippen molar-refractivity contribution in [3.8, 4) is 12.1 Å². The van der Waals surface area contributed by atoms with Gasteiger partial charge in [0.25, 0.3) is 0 Å². The number of piperidine rings is 1. The summed E-state index contributed by atoms with van der Waals surface area (Å²) in [5.74, 6) is -3.09. The van der Waals surface area contributed by atoms with E-state index in [-0.39, 0.29) is 5.92 Å². The lowest BCUT2D eigenvalue weighted by atomic mass is 9.67. The molecule has 5 nitrogen and oxygen atoms in total. The third kappa shape index (κ3) is 2.09. The number of carbonyl (C=O) groups is 2. The van der Waals surface area contributed by atoms with Crippen molar-refractivity contribution >= 4 is 11.8 Å². The van der Waals surface area contributed by atoms with Crippen LogP contribution in [0.5, 0.6) is 0 Å². The molecule has 1 saturated carbocycles. The van der Waals surface area contributed by atoms with Crippen molar-refractivity contribution in [2.24, 2.45) is 23.7 Å². The quantitative estimate of drug-likeness (QED) is 0.700. The highest BCUT2D eigenvalue weighted by molar-refractivity contribution is 6.02. The van der Waals surface area contributed by atoms with Crippen LogP contribution < -0.4 is 5.32 Å². The molecule has 1 aliphatic carbocycles. The minimum absolute atomic E-state index is 0.142. The first-order chi connectivity index (χ1) is 8.69. The van der Waals surface area contributed by atoms with Gasteiger partial charge in [-0.05, 0) is 5.92 Å². The van der Waals surface area contributed by atoms with E-state index in [0.29, 0.717) is 0 Å². The van der Waals surface area contributed by atoms with Gasteiger partial charge in [-0.25, -0.2) is 0 Å². The largest absolute Gasteiger partial charge is 0.294 e. The van der Waals surface area contributed by atoms with Crippen molar-refractivity contribution in [1.82, 2.24) is 5.32 Å². The van der Waals surface area contributed by atoms with Gasteiger partial charge in [0, 0.05) is 5.92 Å². The van der Waals surface area contributed by atoms with E-state index in [0.717, 1.165) is 32.1 Å². The Balaban J connectivity index is 2.29. The fourth-order valence-corrected chi connectivity index (χ4v) is 3.17. The van der Waals surface area contributed by atoms with Crippen LogP contribution in [0.4, 0.5) is 0 Å². The second kappa shape index (κ2) is 5.18. The normalized spacial score (nSPS) is 30.3. The fraction of sp³-hybridized carbons (Fsp3) is 0.692. The highest BCUT2D eigenvalue weighted by atomic mass is 16.2. The Kier molecular flexibility index (Phi) is 3.62. The summed E-state index contributed by atoms with van der Waals surface area (Å²) in [6.45, 7) is 0. The molecule has 1 aliphatic heterocycles. The van der Waals surface area contributed by atoms with Crippen molar-refractivity contribution < 1.29 is 9.59 Å². The van der Waals surface area contributed by atoms with Gasteiger partial charge < -0.3 is 0 Å². The van der Waals surface area contributed by atoms with Gasteiger partial charge in [0.2, 0.25) is 11.8 Å². The van der Waals surface area contributed by atoms with E-state index >= 15 is 0 Å². The summed E-state index contributed by atoms with van der Waals surface area (Å²) >= 11 is 0. The average molecular weight is 245 g/mol. The molecular weight excluding hydrogens is 230 g/mol. The van der Waals surface area contributed by atoms with Crippen LogP contribution in [0.2, 0.25) is 0 Å². The van der Waals surface area contributed by atoms with Gasteiger partial charge in [-0.15, -0.1) is 0 Å². The van der Waals surface area contributed by atoms with Crippen molar-refractivity contribution in [2.75, 3.05) is 0 Å². The number of imide groups is 1. The van der Waals surface area contributed by atoms with Crippen LogP contribution >= 0.6 is 0 Å². The Morgan fingerprint density at radius 2 is 1.44 bits per heavy atom. The molecule has 1 saturated heterocycles. The molecule has 94 valence electrons. The Morgan fingerprint density at radius 3 is 1.89 bits per heavy atom. The lowest BCUT2D eigenvalue weighted by Crippen LogP contribution is -2.53. The number of hydrogen-bond donors (Lipinski definition) is 1. The van der Waals surface area contributed by atoms with Gasteiger partial charge in [0.05, 0.1) is 12.1 Å². The van der Waals surface area contributed by atoms with E-state index in [1.165, 1.54) is 0 Å². The van der Waals surface area contributed by atoms with Gasteiger partial charge >= 0.3 is 0 Å². The molecule has 0 aromatic carbocycles. The molecule has 0 aromatic heterocycles. The molecule has 1 N–H and O–H groups in total. The Labute approximate surface area is 106 Å². The molecule has 2 rings (SSSR count). The molecular formula is C13H15N3O2. The number of nitrogens with zero attached hydrogens (tertiary/aromatic N) is 2. The summed E-state index contributed by atoms with van der Waals surface area (Å²) in [7, 11) is 0. The highest BCUT2D eigenvalue weighted by Crippen LogP contribution is 2.40. The zero-order valence-corrected chi connectivity index (χ0v) is 10.1. The van der Waals surface area contributed by atoms with E-state index in [2.05, 4.69) is 5.32 Å². The minimum atomic E-state index is -0.865. The van der Waals surface area contributed by atoms with E-state index in [1.54, 1.807) is 0 Å². The van der Waals surface area contributed by atoms with Crippen LogP contribution in [0.3, 0.4) is 0 Å². The Morgan fingerprint density at radius 1 is 0.944 bits per heavy atom. The van der Waals surface area contributed by atoms with E-state index in [1.807, 2.05) is 12.1 Å². The second-order valence-corrected chi connectivity index (χ2v) is 5.04. The van der Waals surface area contributed by atoms with Crippen LogP contribution in [0.25, 0.3) is 0 Å². The summed E-state index contributed by atoms with van der Waals surface area (Å²) < 4.78 is 0. The predicted molar refractivity (Wildman–Crippen MR) is 61.4 cm³/mol. The summed E-state index contributed by atoms with van der Waals surface area (Å²) in [6.07, 6.45) is 5.06. The molecule has 0 unspecified atom stereocenters. The molecule has 0 bridgehead atoms. The maximum absolute atomic E-state index is 11.7. The number of carbonyl (C=O) groups excluding carboxylic acids is 2. The van der Waals surface area contributed by atoms with Crippen LogP contribution in [0, 0.1) is 46.3 Å². The number of nitriles is 2. The fourth-order valence-electron chi connectivity index (χ4n) is 3.17. The number of hydrogen-bond acceptors (Lipinski definition) is 4. The molecule has 2 aliphatic rings. The molecule has 2 fully saturated rings. The standard InChI is InChI=1S/C13H15N3O2/c14-6-9-11(8-4-2-1-3-5-8)10(7-15)13(18)16-12(9)17/h8-11H,1-5H2,(H,16,17,18)/t9-,10-/m0/s1. The van der Waals surface area contributed by atoms with Gasteiger partial charge in [-0.2, -0.15) is 10.5 Å². The summed E-state index contributed by atoms with van der Waals surface area (Å²) in [5.41, 5.74) is 0. The minimum Gasteiger partial charge on any atom is -0.294 e. The Bertz CT molecular complexity index is 408. The molecule has 1 heterocycles. The maximum Gasteiger partial charge on any atom is 0.244 e. The first-order valence-electron chi connectivity index (χ1n) is 6.33. The summed E-state index contributed by atoms with van der Waals surface area (Å²) in [5, 5.41) is 20.4. The number of amides is 2. The molecule has 0 aromatic rings. The number of rotatable bonds is 1. The molecule has 2 amide bonds. The average Bonchev–Trinajstić information content (AvgIpc) is 2.39. The maximum atomic E-state index is 11.7. The van der Waals surface area contributed by atoms with Crippen molar-refractivity contribution in [3.05, 3.63) is 0 Å². The smallest absolute Gasteiger partial charge is 0.244 e. The third-order valence-electron chi connectivity index (χ3n) is 4.05. The van der Waals surface area contributed by atoms with Gasteiger partial charge in [0.15, 0.2) is 0 Å². The zero-order valence-electron chi connectivity index (χ0n) is 10.1. The van der Waals surface area contributed by atoms with Crippen LogP contribution in [0.15, 0.2) is 0 Å². The van der Waals surface area contributed by atoms with Gasteiger partial charge in [-0.1, -0.05) is 32.1 Å². The summed E-state index contributed by atoms with van der Waals surface area (Å²) in [4.78, 5) is 23.4. The molecule has 5 heteroatoms.